The Hall–Kier alpha value is -1.16. The first kappa shape index (κ1) is 11.0. The average molecular weight is 232 g/mol. The van der Waals surface area contributed by atoms with Crippen LogP contribution < -0.4 is 10.2 Å². The molecule has 3 rings (SSSR count). The van der Waals surface area contributed by atoms with E-state index < -0.39 is 0 Å². The summed E-state index contributed by atoms with van der Waals surface area (Å²) < 4.78 is 0. The highest BCUT2D eigenvalue weighted by molar-refractivity contribution is 5.50. The van der Waals surface area contributed by atoms with E-state index in [9.17, 15) is 0 Å². The van der Waals surface area contributed by atoms with Crippen molar-refractivity contribution in [2.24, 2.45) is 0 Å². The Morgan fingerprint density at radius 1 is 1.24 bits per heavy atom. The van der Waals surface area contributed by atoms with Crippen molar-refractivity contribution < 1.29 is 0 Å². The van der Waals surface area contributed by atoms with Gasteiger partial charge in [-0.3, -0.25) is 0 Å². The average Bonchev–Trinajstić information content (AvgIpc) is 2.72. The SMILES string of the molecule is CC1CCCCCN1c1ncnc2c1CNC2. The molecule has 1 saturated heterocycles. The van der Waals surface area contributed by atoms with Gasteiger partial charge in [-0.2, -0.15) is 0 Å². The van der Waals surface area contributed by atoms with Gasteiger partial charge in [0.25, 0.3) is 0 Å². The van der Waals surface area contributed by atoms with Crippen LogP contribution in [0.4, 0.5) is 5.82 Å². The number of nitrogens with zero attached hydrogens (tertiary/aromatic N) is 3. The fraction of sp³-hybridized carbons (Fsp3) is 0.692. The van der Waals surface area contributed by atoms with Gasteiger partial charge in [-0.15, -0.1) is 0 Å². The highest BCUT2D eigenvalue weighted by Gasteiger charge is 2.24. The summed E-state index contributed by atoms with van der Waals surface area (Å²) in [7, 11) is 0. The van der Waals surface area contributed by atoms with E-state index in [-0.39, 0.29) is 0 Å². The standard InChI is InChI=1S/C13H20N4/c1-10-5-3-2-4-6-17(10)13-11-7-14-8-12(11)15-9-16-13/h9-10,14H,2-8H2,1H3. The van der Waals surface area contributed by atoms with Gasteiger partial charge >= 0.3 is 0 Å². The Balaban J connectivity index is 1.94. The number of rotatable bonds is 1. The molecule has 4 heteroatoms. The molecule has 1 fully saturated rings. The number of aromatic nitrogens is 2. The molecule has 3 heterocycles. The Labute approximate surface area is 102 Å². The summed E-state index contributed by atoms with van der Waals surface area (Å²) >= 11 is 0. The number of hydrogen-bond acceptors (Lipinski definition) is 4. The van der Waals surface area contributed by atoms with Crippen LogP contribution in [-0.2, 0) is 13.1 Å². The molecule has 0 bridgehead atoms. The number of hydrogen-bond donors (Lipinski definition) is 1. The van der Waals surface area contributed by atoms with Crippen molar-refractivity contribution >= 4 is 5.82 Å². The maximum atomic E-state index is 4.54. The highest BCUT2D eigenvalue weighted by atomic mass is 15.2. The molecular formula is C13H20N4. The molecule has 2 aliphatic rings. The molecule has 0 amide bonds. The molecule has 92 valence electrons. The molecule has 0 radical (unpaired) electrons. The summed E-state index contributed by atoms with van der Waals surface area (Å²) in [6, 6.07) is 0.608. The minimum Gasteiger partial charge on any atom is -0.354 e. The van der Waals surface area contributed by atoms with E-state index in [1.165, 1.54) is 42.8 Å². The summed E-state index contributed by atoms with van der Waals surface area (Å²) in [4.78, 5) is 11.4. The Bertz CT molecular complexity index is 404. The van der Waals surface area contributed by atoms with Crippen molar-refractivity contribution in [2.45, 2.75) is 51.7 Å². The van der Waals surface area contributed by atoms with Crippen LogP contribution >= 0.6 is 0 Å². The Morgan fingerprint density at radius 3 is 3.12 bits per heavy atom. The first-order valence-corrected chi connectivity index (χ1v) is 6.66. The third-order valence-electron chi connectivity index (χ3n) is 3.93. The van der Waals surface area contributed by atoms with Gasteiger partial charge in [0, 0.05) is 31.2 Å². The van der Waals surface area contributed by atoms with Crippen LogP contribution in [0.3, 0.4) is 0 Å². The van der Waals surface area contributed by atoms with E-state index in [1.807, 2.05) is 0 Å². The molecule has 1 unspecified atom stereocenters. The van der Waals surface area contributed by atoms with Gasteiger partial charge in [0.2, 0.25) is 0 Å². The molecule has 0 aliphatic carbocycles. The molecule has 1 aromatic rings. The van der Waals surface area contributed by atoms with Crippen molar-refractivity contribution in [3.8, 4) is 0 Å². The van der Waals surface area contributed by atoms with E-state index in [0.717, 1.165) is 19.6 Å². The van der Waals surface area contributed by atoms with Gasteiger partial charge < -0.3 is 10.2 Å². The van der Waals surface area contributed by atoms with E-state index in [4.69, 9.17) is 0 Å². The lowest BCUT2D eigenvalue weighted by Gasteiger charge is -2.29. The first-order valence-electron chi connectivity index (χ1n) is 6.66. The van der Waals surface area contributed by atoms with E-state index in [1.54, 1.807) is 6.33 Å². The Morgan fingerprint density at radius 2 is 2.18 bits per heavy atom. The zero-order valence-corrected chi connectivity index (χ0v) is 10.4. The maximum Gasteiger partial charge on any atom is 0.137 e. The van der Waals surface area contributed by atoms with Gasteiger partial charge in [0.15, 0.2) is 0 Å². The zero-order chi connectivity index (χ0) is 11.7. The second-order valence-electron chi connectivity index (χ2n) is 5.12. The van der Waals surface area contributed by atoms with Crippen molar-refractivity contribution in [3.63, 3.8) is 0 Å². The number of fused-ring (bicyclic) bond motifs is 1. The number of anilines is 1. The molecule has 2 aliphatic heterocycles. The van der Waals surface area contributed by atoms with E-state index >= 15 is 0 Å². The van der Waals surface area contributed by atoms with E-state index in [0.29, 0.717) is 6.04 Å². The van der Waals surface area contributed by atoms with Crippen LogP contribution in [0.25, 0.3) is 0 Å². The van der Waals surface area contributed by atoms with Crippen LogP contribution in [0.15, 0.2) is 6.33 Å². The quantitative estimate of drug-likeness (QED) is 0.802. The maximum absolute atomic E-state index is 4.54. The summed E-state index contributed by atoms with van der Waals surface area (Å²) in [5, 5.41) is 3.37. The predicted octanol–water partition coefficient (Wildman–Crippen LogP) is 1.85. The summed E-state index contributed by atoms with van der Waals surface area (Å²) in [6.07, 6.45) is 7.00. The molecule has 1 N–H and O–H groups in total. The molecule has 4 nitrogen and oxygen atoms in total. The van der Waals surface area contributed by atoms with Gasteiger partial charge in [0.05, 0.1) is 5.69 Å². The van der Waals surface area contributed by atoms with Crippen LogP contribution in [0.5, 0.6) is 0 Å². The third kappa shape index (κ3) is 2.02. The predicted molar refractivity (Wildman–Crippen MR) is 67.9 cm³/mol. The van der Waals surface area contributed by atoms with Crippen molar-refractivity contribution in [3.05, 3.63) is 17.6 Å². The summed E-state index contributed by atoms with van der Waals surface area (Å²) in [6.45, 7) is 5.29. The molecule has 0 saturated carbocycles. The van der Waals surface area contributed by atoms with Gasteiger partial charge in [0.1, 0.15) is 12.1 Å². The molecule has 17 heavy (non-hydrogen) atoms. The second kappa shape index (κ2) is 4.61. The van der Waals surface area contributed by atoms with Crippen LogP contribution in [-0.4, -0.2) is 22.6 Å². The lowest BCUT2D eigenvalue weighted by atomic mass is 10.1. The fourth-order valence-electron chi connectivity index (χ4n) is 2.91. The zero-order valence-electron chi connectivity index (χ0n) is 10.4. The van der Waals surface area contributed by atoms with Gasteiger partial charge in [-0.05, 0) is 19.8 Å². The molecular weight excluding hydrogens is 212 g/mol. The topological polar surface area (TPSA) is 41.1 Å². The van der Waals surface area contributed by atoms with E-state index in [2.05, 4.69) is 27.1 Å². The minimum atomic E-state index is 0.608. The highest BCUT2D eigenvalue weighted by Crippen LogP contribution is 2.28. The summed E-state index contributed by atoms with van der Waals surface area (Å²) in [5.41, 5.74) is 2.51. The minimum absolute atomic E-state index is 0.608. The normalized spacial score (nSPS) is 24.5. The molecule has 1 atom stereocenters. The first-order chi connectivity index (χ1) is 8.36. The fourth-order valence-corrected chi connectivity index (χ4v) is 2.91. The summed E-state index contributed by atoms with van der Waals surface area (Å²) in [5.74, 6) is 1.18. The smallest absolute Gasteiger partial charge is 0.137 e. The monoisotopic (exact) mass is 232 g/mol. The third-order valence-corrected chi connectivity index (χ3v) is 3.93. The Kier molecular flexibility index (Phi) is 2.97. The molecule has 1 aromatic heterocycles. The largest absolute Gasteiger partial charge is 0.354 e. The lowest BCUT2D eigenvalue weighted by Crippen LogP contribution is -2.34. The molecule has 0 aromatic carbocycles. The number of nitrogens with one attached hydrogen (secondary N) is 1. The van der Waals surface area contributed by atoms with Crippen molar-refractivity contribution in [1.82, 2.24) is 15.3 Å². The van der Waals surface area contributed by atoms with Crippen molar-refractivity contribution in [2.75, 3.05) is 11.4 Å². The second-order valence-corrected chi connectivity index (χ2v) is 5.12. The van der Waals surface area contributed by atoms with Crippen LogP contribution in [0.2, 0.25) is 0 Å². The molecule has 0 spiro atoms. The van der Waals surface area contributed by atoms with Crippen LogP contribution in [0, 0.1) is 0 Å². The van der Waals surface area contributed by atoms with Crippen LogP contribution in [0.1, 0.15) is 43.9 Å². The van der Waals surface area contributed by atoms with Gasteiger partial charge in [-0.1, -0.05) is 12.8 Å². The van der Waals surface area contributed by atoms with Crippen molar-refractivity contribution in [1.29, 1.82) is 0 Å². The van der Waals surface area contributed by atoms with Gasteiger partial charge in [-0.25, -0.2) is 9.97 Å². The lowest BCUT2D eigenvalue weighted by molar-refractivity contribution is 0.608.